The van der Waals surface area contributed by atoms with Crippen molar-refractivity contribution in [3.05, 3.63) is 24.0 Å². The maximum atomic E-state index is 13.4. The molecule has 10 heteroatoms. The highest BCUT2D eigenvalue weighted by molar-refractivity contribution is 7.88. The highest BCUT2D eigenvalue weighted by Gasteiger charge is 2.65. The van der Waals surface area contributed by atoms with Crippen molar-refractivity contribution in [3.8, 4) is 0 Å². The van der Waals surface area contributed by atoms with E-state index in [0.717, 1.165) is 17.7 Å². The van der Waals surface area contributed by atoms with Gasteiger partial charge in [-0.05, 0) is 12.1 Å². The first kappa shape index (κ1) is 16.5. The van der Waals surface area contributed by atoms with Crippen molar-refractivity contribution in [2.45, 2.75) is 11.7 Å². The van der Waals surface area contributed by atoms with Gasteiger partial charge in [0.05, 0.1) is 19.1 Å². The molecular weight excluding hydrogens is 301 g/mol. The van der Waals surface area contributed by atoms with Gasteiger partial charge >= 0.3 is 12.1 Å². The van der Waals surface area contributed by atoms with E-state index in [9.17, 15) is 26.4 Å². The second-order valence-electron chi connectivity index (χ2n) is 4.12. The fourth-order valence-electron chi connectivity index (χ4n) is 1.80. The third-order valence-corrected chi connectivity index (χ3v) is 3.26. The van der Waals surface area contributed by atoms with E-state index in [4.69, 9.17) is 0 Å². The molecule has 0 spiro atoms. The molecule has 0 bridgehead atoms. The zero-order valence-electron chi connectivity index (χ0n) is 10.9. The van der Waals surface area contributed by atoms with E-state index in [-0.39, 0.29) is 0 Å². The van der Waals surface area contributed by atoms with Crippen molar-refractivity contribution in [2.75, 3.05) is 13.4 Å². The lowest BCUT2D eigenvalue weighted by Crippen LogP contribution is -2.62. The van der Waals surface area contributed by atoms with Gasteiger partial charge in [-0.3, -0.25) is 0 Å². The van der Waals surface area contributed by atoms with Crippen LogP contribution in [0.25, 0.3) is 0 Å². The molecule has 6 nitrogen and oxygen atoms in total. The number of carbonyl (C=O) groups is 1. The van der Waals surface area contributed by atoms with Crippen LogP contribution in [0.1, 0.15) is 5.69 Å². The van der Waals surface area contributed by atoms with Gasteiger partial charge in [0.2, 0.25) is 10.0 Å². The van der Waals surface area contributed by atoms with Gasteiger partial charge in [-0.2, -0.15) is 17.9 Å². The third kappa shape index (κ3) is 2.80. The van der Waals surface area contributed by atoms with Gasteiger partial charge in [0.15, 0.2) is 0 Å². The molecule has 20 heavy (non-hydrogen) atoms. The average Bonchev–Trinajstić information content (AvgIpc) is 2.68. The summed E-state index contributed by atoms with van der Waals surface area (Å²) < 4.78 is 69.4. The summed E-state index contributed by atoms with van der Waals surface area (Å²) in [6.45, 7) is 0. The average molecular weight is 314 g/mol. The summed E-state index contributed by atoms with van der Waals surface area (Å²) in [5, 5.41) is 0. The number of methoxy groups -OCH3 is 1. The van der Waals surface area contributed by atoms with E-state index in [0.29, 0.717) is 6.26 Å². The molecule has 0 saturated carbocycles. The van der Waals surface area contributed by atoms with E-state index >= 15 is 0 Å². The van der Waals surface area contributed by atoms with Crippen molar-refractivity contribution < 1.29 is 31.1 Å². The van der Waals surface area contributed by atoms with Crippen molar-refractivity contribution in [3.63, 3.8) is 0 Å². The summed E-state index contributed by atoms with van der Waals surface area (Å²) in [6, 6.07) is 2.24. The number of nitrogens with one attached hydrogen (secondary N) is 1. The SMILES string of the molecule is COC(=O)[C@](NS(C)(=O)=O)(c1cccn1C)C(F)(F)F. The van der Waals surface area contributed by atoms with Gasteiger partial charge < -0.3 is 9.30 Å². The van der Waals surface area contributed by atoms with Gasteiger partial charge in [-0.15, -0.1) is 0 Å². The van der Waals surface area contributed by atoms with Crippen LogP contribution in [0.3, 0.4) is 0 Å². The molecule has 1 rings (SSSR count). The first-order valence-corrected chi connectivity index (χ1v) is 7.10. The summed E-state index contributed by atoms with van der Waals surface area (Å²) >= 11 is 0. The van der Waals surface area contributed by atoms with Crippen LogP contribution in [-0.2, 0) is 32.1 Å². The molecule has 114 valence electrons. The van der Waals surface area contributed by atoms with E-state index in [1.807, 2.05) is 0 Å². The van der Waals surface area contributed by atoms with Gasteiger partial charge in [-0.25, -0.2) is 13.2 Å². The van der Waals surface area contributed by atoms with Crippen LogP contribution < -0.4 is 4.72 Å². The summed E-state index contributed by atoms with van der Waals surface area (Å²) in [5.74, 6) is -1.77. The second-order valence-corrected chi connectivity index (χ2v) is 5.87. The summed E-state index contributed by atoms with van der Waals surface area (Å²) in [6.07, 6.45) is -3.45. The lowest BCUT2D eigenvalue weighted by molar-refractivity contribution is -0.212. The zero-order valence-corrected chi connectivity index (χ0v) is 11.7. The van der Waals surface area contributed by atoms with Crippen LogP contribution in [0.2, 0.25) is 0 Å². The lowest BCUT2D eigenvalue weighted by atomic mass is 9.95. The third-order valence-electron chi connectivity index (χ3n) is 2.58. The number of ether oxygens (including phenoxy) is 1. The number of nitrogens with zero attached hydrogens (tertiary/aromatic N) is 1. The Bertz CT molecular complexity index is 608. The highest BCUT2D eigenvalue weighted by Crippen LogP contribution is 2.40. The van der Waals surface area contributed by atoms with Crippen molar-refractivity contribution >= 4 is 16.0 Å². The maximum Gasteiger partial charge on any atom is 0.424 e. The number of sulfonamides is 1. The lowest BCUT2D eigenvalue weighted by Gasteiger charge is -2.33. The Labute approximate surface area is 113 Å². The molecule has 0 radical (unpaired) electrons. The van der Waals surface area contributed by atoms with Gasteiger partial charge in [0, 0.05) is 13.2 Å². The molecular formula is C10H13F3N2O4S. The molecule has 0 aliphatic carbocycles. The minimum Gasteiger partial charge on any atom is -0.467 e. The molecule has 1 N–H and O–H groups in total. The predicted octanol–water partition coefficient (Wildman–Crippen LogP) is 0.505. The van der Waals surface area contributed by atoms with Crippen molar-refractivity contribution in [1.82, 2.24) is 9.29 Å². The Kier molecular flexibility index (Phi) is 4.20. The van der Waals surface area contributed by atoms with Crippen LogP contribution in [0.15, 0.2) is 18.3 Å². The molecule has 0 fully saturated rings. The number of halogens is 3. The van der Waals surface area contributed by atoms with Gasteiger partial charge in [0.1, 0.15) is 0 Å². The van der Waals surface area contributed by atoms with Gasteiger partial charge in [0.25, 0.3) is 5.54 Å². The first-order valence-electron chi connectivity index (χ1n) is 5.21. The van der Waals surface area contributed by atoms with E-state index in [1.54, 1.807) is 0 Å². The van der Waals surface area contributed by atoms with E-state index in [1.165, 1.54) is 24.0 Å². The Morgan fingerprint density at radius 3 is 2.25 bits per heavy atom. The number of rotatable bonds is 4. The first-order chi connectivity index (χ1) is 8.95. The Morgan fingerprint density at radius 1 is 1.40 bits per heavy atom. The molecule has 0 aliphatic heterocycles. The predicted molar refractivity (Wildman–Crippen MR) is 63.1 cm³/mol. The molecule has 1 heterocycles. The number of aryl methyl sites for hydroxylation is 1. The number of alkyl halides is 3. The van der Waals surface area contributed by atoms with Crippen LogP contribution in [0, 0.1) is 0 Å². The fraction of sp³-hybridized carbons (Fsp3) is 0.500. The molecule has 0 saturated heterocycles. The molecule has 0 amide bonds. The van der Waals surface area contributed by atoms with Crippen LogP contribution >= 0.6 is 0 Å². The van der Waals surface area contributed by atoms with Crippen LogP contribution in [0.5, 0.6) is 0 Å². The number of aromatic nitrogens is 1. The maximum absolute atomic E-state index is 13.4. The number of esters is 1. The van der Waals surface area contributed by atoms with Crippen molar-refractivity contribution in [1.29, 1.82) is 0 Å². The van der Waals surface area contributed by atoms with E-state index < -0.39 is 33.4 Å². The molecule has 0 unspecified atom stereocenters. The smallest absolute Gasteiger partial charge is 0.424 e. The summed E-state index contributed by atoms with van der Waals surface area (Å²) in [4.78, 5) is 11.7. The van der Waals surface area contributed by atoms with E-state index in [2.05, 4.69) is 4.74 Å². The summed E-state index contributed by atoms with van der Waals surface area (Å²) in [7, 11) is -2.35. The van der Waals surface area contributed by atoms with Crippen LogP contribution in [0.4, 0.5) is 13.2 Å². The Morgan fingerprint density at radius 2 is 1.95 bits per heavy atom. The largest absolute Gasteiger partial charge is 0.467 e. The second kappa shape index (κ2) is 5.09. The molecule has 0 aromatic carbocycles. The van der Waals surface area contributed by atoms with Gasteiger partial charge in [-0.1, -0.05) is 0 Å². The summed E-state index contributed by atoms with van der Waals surface area (Å²) in [5.41, 5.74) is -4.09. The van der Waals surface area contributed by atoms with Crippen molar-refractivity contribution in [2.24, 2.45) is 7.05 Å². The monoisotopic (exact) mass is 314 g/mol. The minimum absolute atomic E-state index is 0.527. The number of carbonyl (C=O) groups excluding carboxylic acids is 1. The number of hydrogen-bond acceptors (Lipinski definition) is 4. The number of hydrogen-bond donors (Lipinski definition) is 1. The normalized spacial score (nSPS) is 15.7. The Hall–Kier alpha value is -1.55. The molecule has 0 aliphatic rings. The minimum atomic E-state index is -5.23. The fourth-order valence-corrected chi connectivity index (χ4v) is 2.66. The topological polar surface area (TPSA) is 77.4 Å². The standard InChI is InChI=1S/C10H13F3N2O4S/c1-15-6-4-5-7(15)9(8(16)19-2,10(11,12)13)14-20(3,17)18/h4-6,14H,1-3H3/t9-/m1/s1. The highest BCUT2D eigenvalue weighted by atomic mass is 32.2. The van der Waals surface area contributed by atoms with Crippen LogP contribution in [-0.4, -0.2) is 38.5 Å². The molecule has 1 aromatic rings. The quantitative estimate of drug-likeness (QED) is 0.821. The Balaban J connectivity index is 3.68. The zero-order chi connectivity index (χ0) is 15.8. The molecule has 1 atom stereocenters. The molecule has 1 aromatic heterocycles.